The molecule has 0 radical (unpaired) electrons. The fraction of sp³-hybridized carbons (Fsp3) is 0.333. The van der Waals surface area contributed by atoms with Crippen LogP contribution in [0, 0.1) is 5.82 Å². The predicted molar refractivity (Wildman–Crippen MR) is 70.7 cm³/mol. The van der Waals surface area contributed by atoms with Crippen LogP contribution in [0.1, 0.15) is 13.3 Å². The standard InChI is InChI=1S/C12H17FN4O2/c1-2-17(7-6-11(14)16-19)12(18)15-10-5-3-4-9(13)8-10/h3-5,8,19H,2,6-7H2,1H3,(H2,14,16)(H,15,18). The lowest BCUT2D eigenvalue weighted by atomic mass is 10.3. The first kappa shape index (κ1) is 14.7. The van der Waals surface area contributed by atoms with Gasteiger partial charge in [0.05, 0.1) is 0 Å². The van der Waals surface area contributed by atoms with E-state index in [1.165, 1.54) is 23.1 Å². The molecule has 1 rings (SSSR count). The summed E-state index contributed by atoms with van der Waals surface area (Å²) in [5, 5.41) is 13.8. The zero-order valence-electron chi connectivity index (χ0n) is 10.6. The van der Waals surface area contributed by atoms with E-state index in [0.29, 0.717) is 18.8 Å². The second kappa shape index (κ2) is 7.20. The minimum atomic E-state index is -0.419. The van der Waals surface area contributed by atoms with Crippen LogP contribution in [0.25, 0.3) is 0 Å². The fourth-order valence-electron chi connectivity index (χ4n) is 1.47. The number of carbonyl (C=O) groups is 1. The molecular formula is C12H17FN4O2. The van der Waals surface area contributed by atoms with Crippen LogP contribution in [0.4, 0.5) is 14.9 Å². The number of halogens is 1. The first-order valence-corrected chi connectivity index (χ1v) is 5.84. The highest BCUT2D eigenvalue weighted by Crippen LogP contribution is 2.10. The van der Waals surface area contributed by atoms with Gasteiger partial charge in [0.25, 0.3) is 0 Å². The molecule has 0 aliphatic heterocycles. The first-order chi connectivity index (χ1) is 9.06. The average Bonchev–Trinajstić information content (AvgIpc) is 2.39. The Labute approximate surface area is 110 Å². The lowest BCUT2D eigenvalue weighted by Gasteiger charge is -2.21. The summed E-state index contributed by atoms with van der Waals surface area (Å²) in [7, 11) is 0. The van der Waals surface area contributed by atoms with Gasteiger partial charge in [0.2, 0.25) is 0 Å². The summed E-state index contributed by atoms with van der Waals surface area (Å²) in [5.74, 6) is -0.366. The molecule has 0 saturated carbocycles. The highest BCUT2D eigenvalue weighted by Gasteiger charge is 2.12. The second-order valence-electron chi connectivity index (χ2n) is 3.86. The highest BCUT2D eigenvalue weighted by molar-refractivity contribution is 5.89. The molecule has 104 valence electrons. The van der Waals surface area contributed by atoms with Crippen LogP contribution in [0.5, 0.6) is 0 Å². The zero-order valence-corrected chi connectivity index (χ0v) is 10.6. The van der Waals surface area contributed by atoms with E-state index in [4.69, 9.17) is 10.9 Å². The Morgan fingerprint density at radius 1 is 1.58 bits per heavy atom. The number of nitrogens with zero attached hydrogens (tertiary/aromatic N) is 2. The van der Waals surface area contributed by atoms with E-state index >= 15 is 0 Å². The van der Waals surface area contributed by atoms with Crippen molar-refractivity contribution < 1.29 is 14.4 Å². The Hall–Kier alpha value is -2.31. The van der Waals surface area contributed by atoms with E-state index < -0.39 is 5.82 Å². The largest absolute Gasteiger partial charge is 0.409 e. The molecule has 0 aliphatic rings. The Balaban J connectivity index is 2.59. The molecule has 0 atom stereocenters. The third-order valence-electron chi connectivity index (χ3n) is 2.51. The molecular weight excluding hydrogens is 251 g/mol. The van der Waals surface area contributed by atoms with E-state index in [1.54, 1.807) is 13.0 Å². The van der Waals surface area contributed by atoms with Crippen LogP contribution in [0.15, 0.2) is 29.4 Å². The highest BCUT2D eigenvalue weighted by atomic mass is 19.1. The number of oxime groups is 1. The van der Waals surface area contributed by atoms with Gasteiger partial charge in [-0.2, -0.15) is 0 Å². The average molecular weight is 268 g/mol. The van der Waals surface area contributed by atoms with Crippen molar-refractivity contribution in [3.8, 4) is 0 Å². The smallest absolute Gasteiger partial charge is 0.321 e. The molecule has 4 N–H and O–H groups in total. The number of nitrogens with two attached hydrogens (primary N) is 1. The maximum atomic E-state index is 13.0. The topological polar surface area (TPSA) is 90.9 Å². The van der Waals surface area contributed by atoms with Gasteiger partial charge in [-0.15, -0.1) is 0 Å². The number of rotatable bonds is 5. The van der Waals surface area contributed by atoms with Crippen LogP contribution in [-0.4, -0.2) is 35.1 Å². The molecule has 6 nitrogen and oxygen atoms in total. The quantitative estimate of drug-likeness (QED) is 0.329. The minimum absolute atomic E-state index is 0.0528. The monoisotopic (exact) mass is 268 g/mol. The zero-order chi connectivity index (χ0) is 14.3. The number of nitrogens with one attached hydrogen (secondary N) is 1. The van der Waals surface area contributed by atoms with Crippen LogP contribution < -0.4 is 11.1 Å². The van der Waals surface area contributed by atoms with Crippen molar-refractivity contribution in [2.75, 3.05) is 18.4 Å². The summed E-state index contributed by atoms with van der Waals surface area (Å²) in [4.78, 5) is 13.4. The van der Waals surface area contributed by atoms with Gasteiger partial charge in [0, 0.05) is 25.2 Å². The summed E-state index contributed by atoms with van der Waals surface area (Å²) in [6.45, 7) is 2.57. The van der Waals surface area contributed by atoms with Crippen molar-refractivity contribution in [2.45, 2.75) is 13.3 Å². The molecule has 7 heteroatoms. The van der Waals surface area contributed by atoms with E-state index in [2.05, 4.69) is 10.5 Å². The van der Waals surface area contributed by atoms with Gasteiger partial charge in [0.15, 0.2) is 0 Å². The maximum absolute atomic E-state index is 13.0. The molecule has 0 aliphatic carbocycles. The van der Waals surface area contributed by atoms with Crippen molar-refractivity contribution in [1.29, 1.82) is 0 Å². The molecule has 0 bridgehead atoms. The van der Waals surface area contributed by atoms with Gasteiger partial charge >= 0.3 is 6.03 Å². The molecule has 0 unspecified atom stereocenters. The molecule has 0 fully saturated rings. The summed E-state index contributed by atoms with van der Waals surface area (Å²) in [6, 6.07) is 5.27. The molecule has 1 aromatic carbocycles. The van der Waals surface area contributed by atoms with E-state index in [0.717, 1.165) is 0 Å². The third kappa shape index (κ3) is 4.82. The Morgan fingerprint density at radius 2 is 2.32 bits per heavy atom. The Bertz CT molecular complexity index is 465. The molecule has 1 aromatic rings. The van der Waals surface area contributed by atoms with Gasteiger partial charge in [-0.05, 0) is 25.1 Å². The first-order valence-electron chi connectivity index (χ1n) is 5.84. The number of carbonyl (C=O) groups excluding carboxylic acids is 1. The summed E-state index contributed by atoms with van der Waals surface area (Å²) >= 11 is 0. The number of benzene rings is 1. The Morgan fingerprint density at radius 3 is 2.89 bits per heavy atom. The molecule has 0 heterocycles. The number of hydrogen-bond acceptors (Lipinski definition) is 3. The summed E-state index contributed by atoms with van der Waals surface area (Å²) < 4.78 is 13.0. The van der Waals surface area contributed by atoms with Gasteiger partial charge in [0.1, 0.15) is 11.7 Å². The molecule has 0 aromatic heterocycles. The van der Waals surface area contributed by atoms with E-state index in [1.807, 2.05) is 0 Å². The van der Waals surface area contributed by atoms with Crippen molar-refractivity contribution in [1.82, 2.24) is 4.90 Å². The van der Waals surface area contributed by atoms with Crippen LogP contribution in [0.3, 0.4) is 0 Å². The number of hydrogen-bond donors (Lipinski definition) is 3. The van der Waals surface area contributed by atoms with E-state index in [9.17, 15) is 9.18 Å². The summed E-state index contributed by atoms with van der Waals surface area (Å²) in [6.07, 6.45) is 0.265. The number of amides is 2. The van der Waals surface area contributed by atoms with Crippen molar-refractivity contribution >= 4 is 17.6 Å². The van der Waals surface area contributed by atoms with Crippen LogP contribution in [-0.2, 0) is 0 Å². The molecule has 0 spiro atoms. The van der Waals surface area contributed by atoms with Gasteiger partial charge in [-0.3, -0.25) is 0 Å². The maximum Gasteiger partial charge on any atom is 0.321 e. The van der Waals surface area contributed by atoms with Crippen molar-refractivity contribution in [2.24, 2.45) is 10.9 Å². The number of anilines is 1. The van der Waals surface area contributed by atoms with Crippen molar-refractivity contribution in [3.63, 3.8) is 0 Å². The van der Waals surface area contributed by atoms with Crippen LogP contribution >= 0.6 is 0 Å². The van der Waals surface area contributed by atoms with Gasteiger partial charge in [-0.25, -0.2) is 9.18 Å². The minimum Gasteiger partial charge on any atom is -0.409 e. The normalized spacial score (nSPS) is 11.2. The van der Waals surface area contributed by atoms with Gasteiger partial charge in [-0.1, -0.05) is 11.2 Å². The second-order valence-corrected chi connectivity index (χ2v) is 3.86. The van der Waals surface area contributed by atoms with E-state index in [-0.39, 0.29) is 18.3 Å². The SMILES string of the molecule is CCN(CC/C(N)=N/O)C(=O)Nc1cccc(F)c1. The lowest BCUT2D eigenvalue weighted by Crippen LogP contribution is -2.37. The molecule has 0 saturated heterocycles. The van der Waals surface area contributed by atoms with Gasteiger partial charge < -0.3 is 21.2 Å². The Kier molecular flexibility index (Phi) is 5.59. The molecule has 2 amide bonds. The fourth-order valence-corrected chi connectivity index (χ4v) is 1.47. The predicted octanol–water partition coefficient (Wildman–Crippen LogP) is 1.82. The summed E-state index contributed by atoms with van der Waals surface area (Å²) in [5.41, 5.74) is 5.72. The molecule has 19 heavy (non-hydrogen) atoms. The van der Waals surface area contributed by atoms with Crippen LogP contribution in [0.2, 0.25) is 0 Å². The third-order valence-corrected chi connectivity index (χ3v) is 2.51. The van der Waals surface area contributed by atoms with Crippen molar-refractivity contribution in [3.05, 3.63) is 30.1 Å². The number of urea groups is 1. The number of amidine groups is 1. The lowest BCUT2D eigenvalue weighted by molar-refractivity contribution is 0.215.